The number of rotatable bonds is 4. The second-order valence-electron chi connectivity index (χ2n) is 5.49. The lowest BCUT2D eigenvalue weighted by atomic mass is 10.0. The molecule has 1 aliphatic rings. The fourth-order valence-electron chi connectivity index (χ4n) is 2.97. The van der Waals surface area contributed by atoms with Crippen LogP contribution in [0.25, 0.3) is 0 Å². The van der Waals surface area contributed by atoms with Crippen LogP contribution in [0.1, 0.15) is 18.5 Å². The van der Waals surface area contributed by atoms with E-state index in [9.17, 15) is 4.39 Å². The molecule has 5 heteroatoms. The molecule has 1 fully saturated rings. The molecular weight excluding hydrogens is 257 g/mol. The Labute approximate surface area is 120 Å². The maximum absolute atomic E-state index is 13.9. The summed E-state index contributed by atoms with van der Waals surface area (Å²) in [6.45, 7) is 5.65. The molecule has 2 rings (SSSR count). The molecule has 0 amide bonds. The first-order chi connectivity index (χ1) is 9.56. The normalized spacial score (nSPS) is 22.8. The summed E-state index contributed by atoms with van der Waals surface area (Å²) in [5.74, 6) is -0.0545. The van der Waals surface area contributed by atoms with Crippen LogP contribution in [0.5, 0.6) is 5.75 Å². The van der Waals surface area contributed by atoms with Gasteiger partial charge in [0.1, 0.15) is 0 Å². The van der Waals surface area contributed by atoms with Crippen molar-refractivity contribution < 1.29 is 9.13 Å². The van der Waals surface area contributed by atoms with Gasteiger partial charge in [0.2, 0.25) is 0 Å². The van der Waals surface area contributed by atoms with Gasteiger partial charge in [-0.25, -0.2) is 4.39 Å². The number of benzene rings is 1. The van der Waals surface area contributed by atoms with E-state index in [-0.39, 0.29) is 17.6 Å². The van der Waals surface area contributed by atoms with Gasteiger partial charge in [0, 0.05) is 38.3 Å². The van der Waals surface area contributed by atoms with Gasteiger partial charge in [-0.1, -0.05) is 6.07 Å². The molecule has 1 heterocycles. The Bertz CT molecular complexity index is 455. The van der Waals surface area contributed by atoms with Crippen LogP contribution in [0.4, 0.5) is 4.39 Å². The second kappa shape index (κ2) is 6.52. The van der Waals surface area contributed by atoms with Crippen molar-refractivity contribution in [3.05, 3.63) is 29.6 Å². The summed E-state index contributed by atoms with van der Waals surface area (Å²) >= 11 is 0. The first-order valence-electron chi connectivity index (χ1n) is 7.04. The fourth-order valence-corrected chi connectivity index (χ4v) is 2.97. The van der Waals surface area contributed by atoms with E-state index < -0.39 is 0 Å². The Morgan fingerprint density at radius 2 is 2.20 bits per heavy atom. The van der Waals surface area contributed by atoms with Gasteiger partial charge in [-0.15, -0.1) is 0 Å². The van der Waals surface area contributed by atoms with Crippen LogP contribution in [0.15, 0.2) is 18.2 Å². The number of nitrogens with zero attached hydrogens (tertiary/aromatic N) is 2. The van der Waals surface area contributed by atoms with Crippen molar-refractivity contribution in [1.29, 1.82) is 0 Å². The standard InChI is InChI=1S/C15H24FN3O/c1-11-10-18(2)6-7-19(11)14(9-17)12-4-5-15(20-3)13(16)8-12/h4-5,8,11,14H,6-7,9-10,17H2,1-3H3. The fraction of sp³-hybridized carbons (Fsp3) is 0.600. The summed E-state index contributed by atoms with van der Waals surface area (Å²) < 4.78 is 18.8. The topological polar surface area (TPSA) is 41.7 Å². The van der Waals surface area contributed by atoms with Gasteiger partial charge in [0.25, 0.3) is 0 Å². The van der Waals surface area contributed by atoms with Crippen LogP contribution in [-0.2, 0) is 0 Å². The summed E-state index contributed by atoms with van der Waals surface area (Å²) in [5.41, 5.74) is 6.86. The summed E-state index contributed by atoms with van der Waals surface area (Å²) in [4.78, 5) is 4.67. The van der Waals surface area contributed by atoms with E-state index in [2.05, 4.69) is 23.8 Å². The maximum Gasteiger partial charge on any atom is 0.165 e. The van der Waals surface area contributed by atoms with Gasteiger partial charge in [0.05, 0.1) is 7.11 Å². The molecule has 0 saturated carbocycles. The number of methoxy groups -OCH3 is 1. The molecule has 0 aliphatic carbocycles. The lowest BCUT2D eigenvalue weighted by molar-refractivity contribution is 0.0634. The number of nitrogens with two attached hydrogens (primary N) is 1. The Hall–Kier alpha value is -1.17. The molecule has 2 atom stereocenters. The largest absolute Gasteiger partial charge is 0.494 e. The average Bonchev–Trinajstić information content (AvgIpc) is 2.42. The van der Waals surface area contributed by atoms with Gasteiger partial charge >= 0.3 is 0 Å². The molecule has 20 heavy (non-hydrogen) atoms. The van der Waals surface area contributed by atoms with Crippen molar-refractivity contribution in [2.45, 2.75) is 19.0 Å². The Kier molecular flexibility index (Phi) is 4.96. The van der Waals surface area contributed by atoms with Crippen molar-refractivity contribution >= 4 is 0 Å². The molecule has 0 spiro atoms. The van der Waals surface area contributed by atoms with Gasteiger partial charge in [-0.05, 0) is 31.7 Å². The monoisotopic (exact) mass is 281 g/mol. The molecule has 1 aromatic rings. The number of piperazine rings is 1. The quantitative estimate of drug-likeness (QED) is 0.907. The third-order valence-electron chi connectivity index (χ3n) is 4.07. The van der Waals surface area contributed by atoms with Crippen LogP contribution in [0, 0.1) is 5.82 Å². The van der Waals surface area contributed by atoms with Gasteiger partial charge in [-0.3, -0.25) is 4.90 Å². The minimum absolute atomic E-state index is 0.0547. The molecule has 0 bridgehead atoms. The van der Waals surface area contributed by atoms with Crippen LogP contribution < -0.4 is 10.5 Å². The zero-order valence-corrected chi connectivity index (χ0v) is 12.5. The highest BCUT2D eigenvalue weighted by Gasteiger charge is 2.28. The van der Waals surface area contributed by atoms with Crippen LogP contribution >= 0.6 is 0 Å². The smallest absolute Gasteiger partial charge is 0.165 e. The third-order valence-corrected chi connectivity index (χ3v) is 4.07. The lowest BCUT2D eigenvalue weighted by Crippen LogP contribution is -2.52. The number of halogens is 1. The Balaban J connectivity index is 2.21. The van der Waals surface area contributed by atoms with Crippen molar-refractivity contribution in [3.63, 3.8) is 0 Å². The summed E-state index contributed by atoms with van der Waals surface area (Å²) in [5, 5.41) is 0. The van der Waals surface area contributed by atoms with E-state index in [1.807, 2.05) is 6.07 Å². The average molecular weight is 281 g/mol. The number of hydrogen-bond acceptors (Lipinski definition) is 4. The minimum Gasteiger partial charge on any atom is -0.494 e. The van der Waals surface area contributed by atoms with E-state index in [0.29, 0.717) is 12.6 Å². The van der Waals surface area contributed by atoms with Crippen LogP contribution in [-0.4, -0.2) is 56.2 Å². The van der Waals surface area contributed by atoms with Crippen molar-refractivity contribution in [3.8, 4) is 5.75 Å². The lowest BCUT2D eigenvalue weighted by Gasteiger charge is -2.42. The zero-order valence-electron chi connectivity index (χ0n) is 12.5. The molecule has 1 saturated heterocycles. The zero-order chi connectivity index (χ0) is 14.7. The third kappa shape index (κ3) is 3.11. The molecule has 1 aliphatic heterocycles. The van der Waals surface area contributed by atoms with Crippen LogP contribution in [0.3, 0.4) is 0 Å². The molecule has 2 unspecified atom stereocenters. The minimum atomic E-state index is -0.328. The van der Waals surface area contributed by atoms with Gasteiger partial charge in [-0.2, -0.15) is 0 Å². The number of likely N-dealkylation sites (N-methyl/N-ethyl adjacent to an activating group) is 1. The summed E-state index contributed by atoms with van der Waals surface area (Å²) in [6, 6.07) is 5.59. The second-order valence-corrected chi connectivity index (χ2v) is 5.49. The van der Waals surface area contributed by atoms with E-state index >= 15 is 0 Å². The van der Waals surface area contributed by atoms with E-state index in [0.717, 1.165) is 25.2 Å². The van der Waals surface area contributed by atoms with Crippen LogP contribution in [0.2, 0.25) is 0 Å². The highest BCUT2D eigenvalue weighted by Crippen LogP contribution is 2.27. The van der Waals surface area contributed by atoms with E-state index in [4.69, 9.17) is 10.5 Å². The molecule has 1 aromatic carbocycles. The SMILES string of the molecule is COc1ccc(C(CN)N2CCN(C)CC2C)cc1F. The van der Waals surface area contributed by atoms with Gasteiger partial charge in [0.15, 0.2) is 11.6 Å². The van der Waals surface area contributed by atoms with E-state index in [1.165, 1.54) is 7.11 Å². The molecule has 4 nitrogen and oxygen atoms in total. The predicted octanol–water partition coefficient (Wildman–Crippen LogP) is 1.47. The summed E-state index contributed by atoms with van der Waals surface area (Å²) in [6.07, 6.45) is 0. The molecule has 0 aromatic heterocycles. The van der Waals surface area contributed by atoms with Crippen molar-refractivity contribution in [2.75, 3.05) is 40.3 Å². The van der Waals surface area contributed by atoms with Gasteiger partial charge < -0.3 is 15.4 Å². The highest BCUT2D eigenvalue weighted by atomic mass is 19.1. The number of hydrogen-bond donors (Lipinski definition) is 1. The van der Waals surface area contributed by atoms with Crippen molar-refractivity contribution in [1.82, 2.24) is 9.80 Å². The molecule has 2 N–H and O–H groups in total. The summed E-state index contributed by atoms with van der Waals surface area (Å²) in [7, 11) is 3.60. The number of ether oxygens (including phenoxy) is 1. The van der Waals surface area contributed by atoms with Crippen molar-refractivity contribution in [2.24, 2.45) is 5.73 Å². The predicted molar refractivity (Wildman–Crippen MR) is 78.4 cm³/mol. The Morgan fingerprint density at radius 1 is 1.45 bits per heavy atom. The molecule has 112 valence electrons. The molecular formula is C15H24FN3O. The maximum atomic E-state index is 13.9. The first kappa shape index (κ1) is 15.2. The van der Waals surface area contributed by atoms with E-state index in [1.54, 1.807) is 12.1 Å². The molecule has 0 radical (unpaired) electrons. The Morgan fingerprint density at radius 3 is 2.75 bits per heavy atom. The highest BCUT2D eigenvalue weighted by molar-refractivity contribution is 5.31. The first-order valence-corrected chi connectivity index (χ1v) is 7.04.